The van der Waals surface area contributed by atoms with Gasteiger partial charge in [-0.15, -0.1) is 0 Å². The number of fused-ring (bicyclic) bond motifs is 1. The molecule has 0 radical (unpaired) electrons. The summed E-state index contributed by atoms with van der Waals surface area (Å²) in [6, 6.07) is 14.4. The lowest BCUT2D eigenvalue weighted by Gasteiger charge is -2.15. The van der Waals surface area contributed by atoms with E-state index in [0.717, 1.165) is 0 Å². The molecule has 0 spiro atoms. The van der Waals surface area contributed by atoms with E-state index in [4.69, 9.17) is 9.47 Å². The molecule has 0 amide bonds. The summed E-state index contributed by atoms with van der Waals surface area (Å²) in [5.41, 5.74) is 2.04. The van der Waals surface area contributed by atoms with Crippen molar-refractivity contribution in [1.29, 1.82) is 0 Å². The fourth-order valence-electron chi connectivity index (χ4n) is 3.56. The molecule has 0 saturated heterocycles. The van der Waals surface area contributed by atoms with E-state index < -0.39 is 15.8 Å². The number of hydrogen-bond acceptors (Lipinski definition) is 6. The van der Waals surface area contributed by atoms with Crippen LogP contribution in [0.15, 0.2) is 76.8 Å². The van der Waals surface area contributed by atoms with Gasteiger partial charge in [-0.2, -0.15) is 5.10 Å². The average Bonchev–Trinajstić information content (AvgIpc) is 3.19. The van der Waals surface area contributed by atoms with Crippen molar-refractivity contribution in [1.82, 2.24) is 9.61 Å². The molecule has 0 fully saturated rings. The molecular formula is C23H20N2O6S. The second kappa shape index (κ2) is 8.35. The van der Waals surface area contributed by atoms with Crippen LogP contribution in [0.4, 0.5) is 0 Å². The Hall–Kier alpha value is -3.85. The number of carboxylic acid groups (broad SMARTS) is 1. The first kappa shape index (κ1) is 21.4. The quantitative estimate of drug-likeness (QED) is 0.457. The van der Waals surface area contributed by atoms with Crippen LogP contribution in [0.3, 0.4) is 0 Å². The molecule has 2 aromatic carbocycles. The van der Waals surface area contributed by atoms with E-state index in [-0.39, 0.29) is 16.2 Å². The van der Waals surface area contributed by atoms with Crippen molar-refractivity contribution in [2.24, 2.45) is 0 Å². The van der Waals surface area contributed by atoms with E-state index in [1.54, 1.807) is 47.1 Å². The Morgan fingerprint density at radius 3 is 2.47 bits per heavy atom. The molecule has 9 heteroatoms. The molecule has 0 unspecified atom stereocenters. The number of rotatable bonds is 7. The molecular weight excluding hydrogens is 432 g/mol. The third-order valence-electron chi connectivity index (χ3n) is 5.10. The molecule has 0 aliphatic rings. The van der Waals surface area contributed by atoms with E-state index in [0.29, 0.717) is 33.7 Å². The van der Waals surface area contributed by atoms with Crippen molar-refractivity contribution in [3.63, 3.8) is 0 Å². The Balaban J connectivity index is 1.92. The van der Waals surface area contributed by atoms with Crippen LogP contribution in [0.25, 0.3) is 16.6 Å². The molecule has 32 heavy (non-hydrogen) atoms. The van der Waals surface area contributed by atoms with Crippen LogP contribution in [0.1, 0.15) is 5.56 Å². The Labute approximate surface area is 184 Å². The lowest BCUT2D eigenvalue weighted by atomic mass is 10.0. The highest BCUT2D eigenvalue weighted by Crippen LogP contribution is 2.39. The molecule has 8 nitrogen and oxygen atoms in total. The minimum Gasteiger partial charge on any atom is -0.497 e. The highest BCUT2D eigenvalue weighted by Gasteiger charge is 2.25. The van der Waals surface area contributed by atoms with Crippen LogP contribution in [-0.2, 0) is 21.1 Å². The van der Waals surface area contributed by atoms with Gasteiger partial charge < -0.3 is 14.6 Å². The minimum atomic E-state index is -3.90. The highest BCUT2D eigenvalue weighted by molar-refractivity contribution is 7.91. The smallest absolute Gasteiger partial charge is 0.307 e. The second-order valence-corrected chi connectivity index (χ2v) is 8.92. The van der Waals surface area contributed by atoms with E-state index in [1.165, 1.54) is 38.6 Å². The number of carbonyl (C=O) groups is 1. The first-order valence-electron chi connectivity index (χ1n) is 9.59. The van der Waals surface area contributed by atoms with Crippen LogP contribution in [0, 0.1) is 0 Å². The molecule has 0 bridgehead atoms. The molecule has 4 rings (SSSR count). The maximum atomic E-state index is 13.5. The molecule has 0 aliphatic carbocycles. The van der Waals surface area contributed by atoms with Crippen molar-refractivity contribution in [3.05, 3.63) is 72.6 Å². The maximum Gasteiger partial charge on any atom is 0.307 e. The number of hydrogen-bond donors (Lipinski definition) is 1. The average molecular weight is 452 g/mol. The fraction of sp³-hybridized carbons (Fsp3) is 0.130. The van der Waals surface area contributed by atoms with Crippen molar-refractivity contribution in [3.8, 4) is 22.6 Å². The summed E-state index contributed by atoms with van der Waals surface area (Å²) in [5.74, 6) is -0.0550. The molecule has 2 heterocycles. The minimum absolute atomic E-state index is 0.0747. The first-order chi connectivity index (χ1) is 15.3. The van der Waals surface area contributed by atoms with Gasteiger partial charge in [0.15, 0.2) is 0 Å². The number of aliphatic carboxylic acids is 1. The zero-order chi connectivity index (χ0) is 22.9. The summed E-state index contributed by atoms with van der Waals surface area (Å²) in [5, 5.41) is 13.4. The Morgan fingerprint density at radius 2 is 1.81 bits per heavy atom. The highest BCUT2D eigenvalue weighted by atomic mass is 32.2. The lowest BCUT2D eigenvalue weighted by molar-refractivity contribution is -0.136. The van der Waals surface area contributed by atoms with Crippen molar-refractivity contribution in [2.45, 2.75) is 16.2 Å². The van der Waals surface area contributed by atoms with Crippen LogP contribution in [-0.4, -0.2) is 43.3 Å². The monoisotopic (exact) mass is 452 g/mol. The number of methoxy groups -OCH3 is 2. The third kappa shape index (κ3) is 3.78. The zero-order valence-electron chi connectivity index (χ0n) is 17.3. The number of carboxylic acids is 1. The van der Waals surface area contributed by atoms with Gasteiger partial charge in [0.1, 0.15) is 11.5 Å². The van der Waals surface area contributed by atoms with Gasteiger partial charge in [0, 0.05) is 17.3 Å². The summed E-state index contributed by atoms with van der Waals surface area (Å²) in [7, 11) is -0.920. The van der Waals surface area contributed by atoms with Crippen LogP contribution in [0.2, 0.25) is 0 Å². The largest absolute Gasteiger partial charge is 0.497 e. The van der Waals surface area contributed by atoms with Crippen LogP contribution < -0.4 is 9.47 Å². The van der Waals surface area contributed by atoms with Crippen molar-refractivity contribution >= 4 is 21.3 Å². The number of pyridine rings is 1. The van der Waals surface area contributed by atoms with E-state index in [9.17, 15) is 18.3 Å². The Kier molecular flexibility index (Phi) is 5.58. The molecule has 164 valence electrons. The molecule has 0 aliphatic heterocycles. The van der Waals surface area contributed by atoms with Gasteiger partial charge in [-0.3, -0.25) is 4.79 Å². The summed E-state index contributed by atoms with van der Waals surface area (Å²) in [6.07, 6.45) is 2.95. The normalized spacial score (nSPS) is 11.4. The van der Waals surface area contributed by atoms with Gasteiger partial charge in [0.25, 0.3) is 0 Å². The SMILES string of the molecule is COc1ccc(S(=O)(=O)c2cccc(OC)c2-c2ccn3ncc(CC(=O)O)c3c2)cc1. The molecule has 2 aromatic heterocycles. The van der Waals surface area contributed by atoms with E-state index in [1.807, 2.05) is 0 Å². The predicted octanol–water partition coefficient (Wildman–Crippen LogP) is 3.48. The van der Waals surface area contributed by atoms with Gasteiger partial charge in [-0.1, -0.05) is 6.07 Å². The van der Waals surface area contributed by atoms with Gasteiger partial charge in [-0.05, 0) is 54.1 Å². The second-order valence-electron chi connectivity index (χ2n) is 7.00. The fourth-order valence-corrected chi connectivity index (χ4v) is 5.05. The first-order valence-corrected chi connectivity index (χ1v) is 11.1. The van der Waals surface area contributed by atoms with Gasteiger partial charge in [-0.25, -0.2) is 12.9 Å². The van der Waals surface area contributed by atoms with Gasteiger partial charge >= 0.3 is 5.97 Å². The topological polar surface area (TPSA) is 107 Å². The summed E-state index contributed by atoms with van der Waals surface area (Å²) in [6.45, 7) is 0. The van der Waals surface area contributed by atoms with E-state index >= 15 is 0 Å². The predicted molar refractivity (Wildman–Crippen MR) is 117 cm³/mol. The number of ether oxygens (including phenoxy) is 2. The number of benzene rings is 2. The molecule has 0 atom stereocenters. The zero-order valence-corrected chi connectivity index (χ0v) is 18.2. The summed E-state index contributed by atoms with van der Waals surface area (Å²) < 4.78 is 39.2. The molecule has 4 aromatic rings. The number of nitrogens with zero attached hydrogens (tertiary/aromatic N) is 2. The van der Waals surface area contributed by atoms with Gasteiger partial charge in [0.05, 0.1) is 42.1 Å². The summed E-state index contributed by atoms with van der Waals surface area (Å²) in [4.78, 5) is 11.4. The standard InChI is InChI=1S/C23H20N2O6S/c1-30-17-6-8-18(9-7-17)32(28,29)21-5-3-4-20(31-2)23(21)15-10-11-25-19(12-15)16(14-24-25)13-22(26)27/h3-12,14H,13H2,1-2H3,(H,26,27). The van der Waals surface area contributed by atoms with Crippen molar-refractivity contribution < 1.29 is 27.8 Å². The molecule has 1 N–H and O–H groups in total. The van der Waals surface area contributed by atoms with E-state index in [2.05, 4.69) is 5.10 Å². The third-order valence-corrected chi connectivity index (χ3v) is 6.91. The number of sulfone groups is 1. The maximum absolute atomic E-state index is 13.5. The van der Waals surface area contributed by atoms with Crippen LogP contribution in [0.5, 0.6) is 11.5 Å². The number of aromatic nitrogens is 2. The Bertz CT molecular complexity index is 1410. The van der Waals surface area contributed by atoms with Crippen molar-refractivity contribution in [2.75, 3.05) is 14.2 Å². The summed E-state index contributed by atoms with van der Waals surface area (Å²) >= 11 is 0. The van der Waals surface area contributed by atoms with Crippen LogP contribution >= 0.6 is 0 Å². The molecule has 0 saturated carbocycles. The van der Waals surface area contributed by atoms with Gasteiger partial charge in [0.2, 0.25) is 9.84 Å². The Morgan fingerprint density at radius 1 is 1.06 bits per heavy atom. The lowest BCUT2D eigenvalue weighted by Crippen LogP contribution is -2.06.